The van der Waals surface area contributed by atoms with Gasteiger partial charge in [0.2, 0.25) is 0 Å². The number of nitrogens with zero attached hydrogens (tertiary/aromatic N) is 1. The number of hydrogen-bond acceptors (Lipinski definition) is 1. The molecule has 0 aliphatic carbocycles. The normalized spacial score (nSPS) is 8.93. The van der Waals surface area contributed by atoms with E-state index in [-0.39, 0.29) is 5.91 Å². The quantitative estimate of drug-likeness (QED) is 0.693. The standard InChI is InChI=1S/C11H15NO.C2H6/c1-8-5-6-10(7-9(8)2)11(13)12(3)4;1-2/h5-7H,1-4H3;1-2H3. The maximum absolute atomic E-state index is 11.5. The largest absolute Gasteiger partial charge is 0.345 e. The zero-order valence-corrected chi connectivity index (χ0v) is 10.6. The average Bonchev–Trinajstić information content (AvgIpc) is 2.24. The predicted octanol–water partition coefficient (Wildman–Crippen LogP) is 3.03. The summed E-state index contributed by atoms with van der Waals surface area (Å²) >= 11 is 0. The van der Waals surface area contributed by atoms with Crippen molar-refractivity contribution in [1.29, 1.82) is 0 Å². The second kappa shape index (κ2) is 6.23. The monoisotopic (exact) mass is 207 g/mol. The van der Waals surface area contributed by atoms with Gasteiger partial charge in [-0.3, -0.25) is 4.79 Å². The third-order valence-electron chi connectivity index (χ3n) is 2.16. The molecular weight excluding hydrogens is 186 g/mol. The first-order chi connectivity index (χ1) is 7.02. The molecule has 0 aliphatic rings. The van der Waals surface area contributed by atoms with Gasteiger partial charge in [-0.05, 0) is 37.1 Å². The maximum Gasteiger partial charge on any atom is 0.253 e. The van der Waals surface area contributed by atoms with Gasteiger partial charge < -0.3 is 4.90 Å². The van der Waals surface area contributed by atoms with Crippen molar-refractivity contribution in [2.24, 2.45) is 0 Å². The minimum atomic E-state index is 0.0584. The molecule has 0 bridgehead atoms. The molecule has 1 amide bonds. The molecule has 1 aromatic carbocycles. The molecule has 0 fully saturated rings. The average molecular weight is 207 g/mol. The van der Waals surface area contributed by atoms with Gasteiger partial charge in [0.05, 0.1) is 0 Å². The van der Waals surface area contributed by atoms with Crippen LogP contribution in [0.4, 0.5) is 0 Å². The van der Waals surface area contributed by atoms with E-state index < -0.39 is 0 Å². The minimum Gasteiger partial charge on any atom is -0.345 e. The lowest BCUT2D eigenvalue weighted by Gasteiger charge is -2.11. The Hall–Kier alpha value is -1.31. The number of rotatable bonds is 1. The number of carbonyl (C=O) groups is 1. The van der Waals surface area contributed by atoms with Crippen LogP contribution in [0, 0.1) is 13.8 Å². The molecule has 0 saturated heterocycles. The molecule has 0 aliphatic heterocycles. The molecule has 0 spiro atoms. The summed E-state index contributed by atoms with van der Waals surface area (Å²) in [6.07, 6.45) is 0. The lowest BCUT2D eigenvalue weighted by Crippen LogP contribution is -2.21. The Balaban J connectivity index is 0.000000921. The Morgan fingerprint density at radius 3 is 2.00 bits per heavy atom. The number of benzene rings is 1. The number of aryl methyl sites for hydroxylation is 2. The van der Waals surface area contributed by atoms with Crippen LogP contribution in [0.15, 0.2) is 18.2 Å². The van der Waals surface area contributed by atoms with E-state index in [1.165, 1.54) is 5.56 Å². The second-order valence-electron chi connectivity index (χ2n) is 3.50. The first-order valence-electron chi connectivity index (χ1n) is 5.31. The zero-order chi connectivity index (χ0) is 12.0. The lowest BCUT2D eigenvalue weighted by atomic mass is 10.1. The van der Waals surface area contributed by atoms with E-state index in [4.69, 9.17) is 0 Å². The second-order valence-corrected chi connectivity index (χ2v) is 3.50. The van der Waals surface area contributed by atoms with Gasteiger partial charge >= 0.3 is 0 Å². The summed E-state index contributed by atoms with van der Waals surface area (Å²) < 4.78 is 0. The summed E-state index contributed by atoms with van der Waals surface area (Å²) in [5.74, 6) is 0.0584. The van der Waals surface area contributed by atoms with Crippen molar-refractivity contribution < 1.29 is 4.79 Å². The molecular formula is C13H21NO. The van der Waals surface area contributed by atoms with Crippen LogP contribution in [-0.4, -0.2) is 24.9 Å². The highest BCUT2D eigenvalue weighted by Crippen LogP contribution is 2.10. The molecule has 0 saturated carbocycles. The SMILES string of the molecule is CC.Cc1ccc(C(=O)N(C)C)cc1C. The molecule has 0 atom stereocenters. The maximum atomic E-state index is 11.5. The van der Waals surface area contributed by atoms with Crippen molar-refractivity contribution >= 4 is 5.91 Å². The third kappa shape index (κ3) is 3.74. The van der Waals surface area contributed by atoms with Crippen molar-refractivity contribution in [3.63, 3.8) is 0 Å². The molecule has 15 heavy (non-hydrogen) atoms. The van der Waals surface area contributed by atoms with E-state index in [0.717, 1.165) is 11.1 Å². The fraction of sp³-hybridized carbons (Fsp3) is 0.462. The summed E-state index contributed by atoms with van der Waals surface area (Å²) in [5, 5.41) is 0. The van der Waals surface area contributed by atoms with Crippen LogP contribution < -0.4 is 0 Å². The Morgan fingerprint density at radius 1 is 1.07 bits per heavy atom. The summed E-state index contributed by atoms with van der Waals surface area (Å²) in [5.41, 5.74) is 3.14. The Kier molecular flexibility index (Phi) is 5.68. The Labute approximate surface area is 92.9 Å². The lowest BCUT2D eigenvalue weighted by molar-refractivity contribution is 0.0827. The first kappa shape index (κ1) is 13.7. The highest BCUT2D eigenvalue weighted by atomic mass is 16.2. The van der Waals surface area contributed by atoms with Gasteiger partial charge in [0, 0.05) is 19.7 Å². The van der Waals surface area contributed by atoms with E-state index in [0.29, 0.717) is 0 Å². The molecule has 2 heteroatoms. The Bertz CT molecular complexity index is 329. The smallest absolute Gasteiger partial charge is 0.253 e. The fourth-order valence-electron chi connectivity index (χ4n) is 1.13. The number of carbonyl (C=O) groups excluding carboxylic acids is 1. The van der Waals surface area contributed by atoms with E-state index in [1.54, 1.807) is 19.0 Å². The van der Waals surface area contributed by atoms with Crippen molar-refractivity contribution in [2.45, 2.75) is 27.7 Å². The summed E-state index contributed by atoms with van der Waals surface area (Å²) in [6.45, 7) is 8.06. The van der Waals surface area contributed by atoms with E-state index in [1.807, 2.05) is 45.9 Å². The van der Waals surface area contributed by atoms with Gasteiger partial charge in [0.25, 0.3) is 5.91 Å². The molecule has 0 aromatic heterocycles. The molecule has 0 unspecified atom stereocenters. The van der Waals surface area contributed by atoms with Crippen LogP contribution in [0.3, 0.4) is 0 Å². The van der Waals surface area contributed by atoms with Crippen LogP contribution >= 0.6 is 0 Å². The van der Waals surface area contributed by atoms with Crippen LogP contribution in [-0.2, 0) is 0 Å². The predicted molar refractivity (Wildman–Crippen MR) is 65.3 cm³/mol. The fourth-order valence-corrected chi connectivity index (χ4v) is 1.13. The molecule has 1 aromatic rings. The summed E-state index contributed by atoms with van der Waals surface area (Å²) in [4.78, 5) is 13.1. The van der Waals surface area contributed by atoms with Crippen LogP contribution in [0.5, 0.6) is 0 Å². The van der Waals surface area contributed by atoms with Gasteiger partial charge in [-0.1, -0.05) is 19.9 Å². The van der Waals surface area contributed by atoms with Crippen LogP contribution in [0.1, 0.15) is 35.3 Å². The summed E-state index contributed by atoms with van der Waals surface area (Å²) in [7, 11) is 3.52. The van der Waals surface area contributed by atoms with Crippen molar-refractivity contribution in [3.05, 3.63) is 34.9 Å². The molecule has 0 N–H and O–H groups in total. The Morgan fingerprint density at radius 2 is 1.60 bits per heavy atom. The molecule has 1 rings (SSSR count). The molecule has 2 nitrogen and oxygen atoms in total. The van der Waals surface area contributed by atoms with E-state index in [9.17, 15) is 4.79 Å². The van der Waals surface area contributed by atoms with Crippen molar-refractivity contribution in [2.75, 3.05) is 14.1 Å². The zero-order valence-electron chi connectivity index (χ0n) is 10.6. The van der Waals surface area contributed by atoms with Gasteiger partial charge in [-0.15, -0.1) is 0 Å². The highest BCUT2D eigenvalue weighted by molar-refractivity contribution is 5.94. The third-order valence-corrected chi connectivity index (χ3v) is 2.16. The van der Waals surface area contributed by atoms with Gasteiger partial charge in [0.15, 0.2) is 0 Å². The minimum absolute atomic E-state index is 0.0584. The van der Waals surface area contributed by atoms with E-state index >= 15 is 0 Å². The highest BCUT2D eigenvalue weighted by Gasteiger charge is 2.07. The van der Waals surface area contributed by atoms with Gasteiger partial charge in [-0.2, -0.15) is 0 Å². The van der Waals surface area contributed by atoms with Crippen molar-refractivity contribution in [1.82, 2.24) is 4.90 Å². The number of hydrogen-bond donors (Lipinski definition) is 0. The first-order valence-corrected chi connectivity index (χ1v) is 5.31. The molecule has 0 radical (unpaired) electrons. The van der Waals surface area contributed by atoms with Crippen LogP contribution in [0.25, 0.3) is 0 Å². The van der Waals surface area contributed by atoms with Gasteiger partial charge in [-0.25, -0.2) is 0 Å². The molecule has 0 heterocycles. The number of amides is 1. The summed E-state index contributed by atoms with van der Waals surface area (Å²) in [6, 6.07) is 5.77. The molecule has 84 valence electrons. The van der Waals surface area contributed by atoms with E-state index in [2.05, 4.69) is 0 Å². The van der Waals surface area contributed by atoms with Gasteiger partial charge in [0.1, 0.15) is 0 Å². The van der Waals surface area contributed by atoms with Crippen LogP contribution in [0.2, 0.25) is 0 Å². The topological polar surface area (TPSA) is 20.3 Å². The van der Waals surface area contributed by atoms with Crippen molar-refractivity contribution in [3.8, 4) is 0 Å².